The van der Waals surface area contributed by atoms with Gasteiger partial charge in [0.25, 0.3) is 0 Å². The molecule has 0 radical (unpaired) electrons. The number of nitrogens with zero attached hydrogens (tertiary/aromatic N) is 1. The summed E-state index contributed by atoms with van der Waals surface area (Å²) in [6.07, 6.45) is 6.59. The summed E-state index contributed by atoms with van der Waals surface area (Å²) < 4.78 is 0. The molecule has 0 atom stereocenters. The van der Waals surface area contributed by atoms with Crippen LogP contribution in [0, 0.1) is 12.3 Å². The average molecular weight is 153 g/mol. The molecule has 0 aliphatic rings. The second-order valence-electron chi connectivity index (χ2n) is 1.71. The fourth-order valence-electron chi connectivity index (χ4n) is 0.559. The minimum atomic E-state index is 0.352. The average Bonchev–Trinajstić information content (AvgIpc) is 1.95. The Morgan fingerprint density at radius 1 is 1.70 bits per heavy atom. The van der Waals surface area contributed by atoms with Gasteiger partial charge in [-0.2, -0.15) is 0 Å². The first-order valence-corrected chi connectivity index (χ1v) is 3.00. The highest BCUT2D eigenvalue weighted by molar-refractivity contribution is 6.34. The van der Waals surface area contributed by atoms with Gasteiger partial charge in [-0.15, -0.1) is 6.42 Å². The van der Waals surface area contributed by atoms with Gasteiger partial charge in [-0.1, -0.05) is 11.6 Å². The van der Waals surface area contributed by atoms with Crippen LogP contribution in [0.25, 0.3) is 0 Å². The summed E-state index contributed by atoms with van der Waals surface area (Å²) >= 11 is 5.66. The van der Waals surface area contributed by atoms with Crippen molar-refractivity contribution in [2.45, 2.75) is 0 Å². The molecule has 10 heavy (non-hydrogen) atoms. The molecule has 0 fully saturated rings. The van der Waals surface area contributed by atoms with E-state index in [2.05, 4.69) is 10.9 Å². The van der Waals surface area contributed by atoms with Crippen LogP contribution in [0.3, 0.4) is 0 Å². The van der Waals surface area contributed by atoms with Crippen LogP contribution < -0.4 is 5.73 Å². The van der Waals surface area contributed by atoms with E-state index < -0.39 is 0 Å². The molecule has 2 nitrogen and oxygen atoms in total. The van der Waals surface area contributed by atoms with E-state index in [1.165, 1.54) is 6.20 Å². The number of nitrogen functional groups attached to an aromatic ring is 1. The molecule has 1 aromatic heterocycles. The van der Waals surface area contributed by atoms with E-state index in [0.29, 0.717) is 16.4 Å². The zero-order chi connectivity index (χ0) is 7.56. The maximum atomic E-state index is 5.66. The van der Waals surface area contributed by atoms with Gasteiger partial charge in [-0.05, 0) is 12.0 Å². The largest absolute Gasteiger partial charge is 0.397 e. The Labute approximate surface area is 64.0 Å². The minimum Gasteiger partial charge on any atom is -0.397 e. The van der Waals surface area contributed by atoms with Crippen molar-refractivity contribution in [3.05, 3.63) is 23.0 Å². The lowest BCUT2D eigenvalue weighted by Crippen LogP contribution is -1.90. The zero-order valence-electron chi connectivity index (χ0n) is 5.13. The number of hydrogen-bond donors (Lipinski definition) is 1. The summed E-state index contributed by atoms with van der Waals surface area (Å²) in [5.74, 6) is 2.31. The van der Waals surface area contributed by atoms with Crippen molar-refractivity contribution in [1.29, 1.82) is 0 Å². The molecule has 50 valence electrons. The molecular formula is C7H5ClN2. The molecule has 1 rings (SSSR count). The van der Waals surface area contributed by atoms with Crippen LogP contribution in [0.2, 0.25) is 5.02 Å². The summed E-state index contributed by atoms with van der Waals surface area (Å²) in [7, 11) is 0. The number of pyridine rings is 1. The Morgan fingerprint density at radius 3 is 2.90 bits per heavy atom. The normalized spacial score (nSPS) is 8.80. The van der Waals surface area contributed by atoms with E-state index >= 15 is 0 Å². The molecule has 0 aromatic carbocycles. The third kappa shape index (κ3) is 1.04. The monoisotopic (exact) mass is 152 g/mol. The molecule has 0 saturated heterocycles. The first-order chi connectivity index (χ1) is 4.75. The number of halogens is 1. The van der Waals surface area contributed by atoms with Crippen molar-refractivity contribution >= 4 is 17.3 Å². The molecule has 0 unspecified atom stereocenters. The predicted octanol–water partition coefficient (Wildman–Crippen LogP) is 1.30. The van der Waals surface area contributed by atoms with Gasteiger partial charge in [0, 0.05) is 6.20 Å². The van der Waals surface area contributed by atoms with Crippen molar-refractivity contribution in [3.63, 3.8) is 0 Å². The van der Waals surface area contributed by atoms with Crippen LogP contribution in [0.15, 0.2) is 12.3 Å². The van der Waals surface area contributed by atoms with Gasteiger partial charge >= 0.3 is 0 Å². The van der Waals surface area contributed by atoms with Crippen molar-refractivity contribution in [3.8, 4) is 12.3 Å². The van der Waals surface area contributed by atoms with E-state index in [9.17, 15) is 0 Å². The van der Waals surface area contributed by atoms with Crippen LogP contribution in [-0.4, -0.2) is 4.98 Å². The van der Waals surface area contributed by atoms with E-state index in [-0.39, 0.29) is 0 Å². The number of hydrogen-bond acceptors (Lipinski definition) is 2. The first kappa shape index (κ1) is 6.91. The summed E-state index contributed by atoms with van der Waals surface area (Å²) in [4.78, 5) is 3.81. The Morgan fingerprint density at radius 2 is 2.40 bits per heavy atom. The van der Waals surface area contributed by atoms with Gasteiger partial charge in [-0.3, -0.25) is 0 Å². The molecule has 0 saturated carbocycles. The molecule has 0 aliphatic heterocycles. The maximum Gasteiger partial charge on any atom is 0.133 e. The van der Waals surface area contributed by atoms with E-state index in [0.717, 1.165) is 0 Å². The Hall–Kier alpha value is -1.20. The number of rotatable bonds is 0. The lowest BCUT2D eigenvalue weighted by Gasteiger charge is -1.96. The highest BCUT2D eigenvalue weighted by atomic mass is 35.5. The van der Waals surface area contributed by atoms with Gasteiger partial charge in [0.1, 0.15) is 5.69 Å². The van der Waals surface area contributed by atoms with Crippen molar-refractivity contribution in [1.82, 2.24) is 4.98 Å². The highest BCUT2D eigenvalue weighted by Crippen LogP contribution is 2.19. The van der Waals surface area contributed by atoms with Crippen molar-refractivity contribution < 1.29 is 0 Å². The van der Waals surface area contributed by atoms with E-state index in [4.69, 9.17) is 23.8 Å². The Bertz CT molecular complexity index is 288. The molecule has 0 bridgehead atoms. The Kier molecular flexibility index (Phi) is 1.79. The van der Waals surface area contributed by atoms with E-state index in [1.54, 1.807) is 6.07 Å². The number of nitrogens with two attached hydrogens (primary N) is 1. The fourth-order valence-corrected chi connectivity index (χ4v) is 0.726. The van der Waals surface area contributed by atoms with Gasteiger partial charge in [0.2, 0.25) is 0 Å². The Balaban J connectivity index is 3.31. The van der Waals surface area contributed by atoms with Crippen LogP contribution in [0.1, 0.15) is 5.69 Å². The summed E-state index contributed by atoms with van der Waals surface area (Å²) in [5.41, 5.74) is 6.28. The fraction of sp³-hybridized carbons (Fsp3) is 0. The lowest BCUT2D eigenvalue weighted by atomic mass is 10.3. The molecule has 1 heterocycles. The third-order valence-electron chi connectivity index (χ3n) is 1.06. The molecule has 0 amide bonds. The lowest BCUT2D eigenvalue weighted by molar-refractivity contribution is 1.29. The van der Waals surface area contributed by atoms with Crippen molar-refractivity contribution in [2.24, 2.45) is 0 Å². The smallest absolute Gasteiger partial charge is 0.133 e. The van der Waals surface area contributed by atoms with Crippen LogP contribution in [0.4, 0.5) is 5.69 Å². The number of terminal acetylenes is 1. The van der Waals surface area contributed by atoms with Crippen LogP contribution in [-0.2, 0) is 0 Å². The molecule has 3 heteroatoms. The van der Waals surface area contributed by atoms with Gasteiger partial charge in [0.05, 0.1) is 10.7 Å². The topological polar surface area (TPSA) is 38.9 Å². The number of anilines is 1. The maximum absolute atomic E-state index is 5.66. The predicted molar refractivity (Wildman–Crippen MR) is 41.6 cm³/mol. The van der Waals surface area contributed by atoms with Crippen LogP contribution >= 0.6 is 11.6 Å². The minimum absolute atomic E-state index is 0.352. The van der Waals surface area contributed by atoms with Gasteiger partial charge in [-0.25, -0.2) is 4.98 Å². The molecule has 2 N–H and O–H groups in total. The summed E-state index contributed by atoms with van der Waals surface area (Å²) in [6, 6.07) is 1.60. The van der Waals surface area contributed by atoms with Gasteiger partial charge < -0.3 is 5.73 Å². The molecule has 1 aromatic rings. The quantitative estimate of drug-likeness (QED) is 0.569. The van der Waals surface area contributed by atoms with Crippen LogP contribution in [0.5, 0.6) is 0 Å². The molecule has 0 spiro atoms. The summed E-state index contributed by atoms with van der Waals surface area (Å²) in [5, 5.41) is 0.352. The number of aromatic nitrogens is 1. The second-order valence-corrected chi connectivity index (χ2v) is 2.09. The zero-order valence-corrected chi connectivity index (χ0v) is 5.89. The van der Waals surface area contributed by atoms with E-state index in [1.807, 2.05) is 0 Å². The van der Waals surface area contributed by atoms with Crippen molar-refractivity contribution in [2.75, 3.05) is 5.73 Å². The third-order valence-corrected chi connectivity index (χ3v) is 1.45. The standard InChI is InChI=1S/C7H5ClN2/c1-2-6-7(8)5(9)3-4-10-6/h1,3-4H,(H2,9,10). The molecule has 0 aliphatic carbocycles. The molecular weight excluding hydrogens is 148 g/mol. The van der Waals surface area contributed by atoms with Gasteiger partial charge in [0.15, 0.2) is 0 Å². The highest BCUT2D eigenvalue weighted by Gasteiger charge is 1.99. The SMILES string of the molecule is C#Cc1nccc(N)c1Cl. The second kappa shape index (κ2) is 2.59. The summed E-state index contributed by atoms with van der Waals surface area (Å²) in [6.45, 7) is 0. The first-order valence-electron chi connectivity index (χ1n) is 2.62.